The van der Waals surface area contributed by atoms with E-state index in [0.29, 0.717) is 52.5 Å². The van der Waals surface area contributed by atoms with Gasteiger partial charge in [-0.15, -0.1) is 11.3 Å². The van der Waals surface area contributed by atoms with Crippen LogP contribution in [0.5, 0.6) is 0 Å². The molecule has 1 saturated heterocycles. The maximum atomic E-state index is 12.8. The smallest absolute Gasteiger partial charge is 0.262 e. The summed E-state index contributed by atoms with van der Waals surface area (Å²) in [5.41, 5.74) is 0. The molecule has 148 valence electrons. The van der Waals surface area contributed by atoms with Crippen LogP contribution in [-0.2, 0) is 26.1 Å². The summed E-state index contributed by atoms with van der Waals surface area (Å²) in [7, 11) is -3.69. The van der Waals surface area contributed by atoms with E-state index in [1.165, 1.54) is 10.4 Å². The molecule has 2 aromatic rings. The number of morpholine rings is 1. The van der Waals surface area contributed by atoms with E-state index in [1.54, 1.807) is 17.7 Å². The Bertz CT molecular complexity index is 825. The molecule has 0 bridgehead atoms. The molecule has 0 saturated carbocycles. The largest absolute Gasteiger partial charge is 0.467 e. The third-order valence-corrected chi connectivity index (χ3v) is 6.98. The number of ether oxygens (including phenoxy) is 2. The van der Waals surface area contributed by atoms with Crippen molar-refractivity contribution in [1.29, 1.82) is 0 Å². The third kappa shape index (κ3) is 5.17. The standard InChI is InChI=1S/C17H22N2O6S2/c20-17(18-5-2-8-24-13-14-3-1-9-25-14)16-15(4-12-26-16)27(21,22)19-6-10-23-11-7-19/h1,3-4,9,12H,2,5-8,10-11,13H2,(H,18,20). The van der Waals surface area contributed by atoms with Crippen LogP contribution in [0.3, 0.4) is 0 Å². The van der Waals surface area contributed by atoms with Crippen LogP contribution < -0.4 is 5.32 Å². The zero-order chi connectivity index (χ0) is 19.1. The lowest BCUT2D eigenvalue weighted by atomic mass is 10.4. The third-order valence-electron chi connectivity index (χ3n) is 4.00. The Labute approximate surface area is 162 Å². The van der Waals surface area contributed by atoms with E-state index in [-0.39, 0.29) is 15.7 Å². The number of sulfonamides is 1. The molecule has 1 amide bonds. The van der Waals surface area contributed by atoms with Crippen LogP contribution in [0.4, 0.5) is 0 Å². The van der Waals surface area contributed by atoms with Gasteiger partial charge in [0.2, 0.25) is 10.0 Å². The molecule has 0 spiro atoms. The van der Waals surface area contributed by atoms with Crippen molar-refractivity contribution in [2.75, 3.05) is 39.5 Å². The van der Waals surface area contributed by atoms with Crippen molar-refractivity contribution in [2.24, 2.45) is 0 Å². The van der Waals surface area contributed by atoms with Crippen LogP contribution in [0.1, 0.15) is 21.9 Å². The van der Waals surface area contributed by atoms with Crippen LogP contribution in [0.15, 0.2) is 39.2 Å². The van der Waals surface area contributed by atoms with E-state index in [2.05, 4.69) is 5.32 Å². The second-order valence-electron chi connectivity index (χ2n) is 5.87. The summed E-state index contributed by atoms with van der Waals surface area (Å²) < 4.78 is 42.7. The normalized spacial score (nSPS) is 15.7. The molecule has 1 fully saturated rings. The monoisotopic (exact) mass is 414 g/mol. The van der Waals surface area contributed by atoms with Gasteiger partial charge < -0.3 is 19.2 Å². The highest BCUT2D eigenvalue weighted by Crippen LogP contribution is 2.25. The number of rotatable bonds is 9. The predicted molar refractivity (Wildman–Crippen MR) is 99.2 cm³/mol. The number of hydrogen-bond acceptors (Lipinski definition) is 7. The lowest BCUT2D eigenvalue weighted by Crippen LogP contribution is -2.41. The van der Waals surface area contributed by atoms with Crippen LogP contribution in [0.25, 0.3) is 0 Å². The first-order valence-electron chi connectivity index (χ1n) is 8.63. The highest BCUT2D eigenvalue weighted by atomic mass is 32.2. The zero-order valence-electron chi connectivity index (χ0n) is 14.8. The summed E-state index contributed by atoms with van der Waals surface area (Å²) in [6.45, 7) is 2.56. The van der Waals surface area contributed by atoms with Crippen molar-refractivity contribution in [3.63, 3.8) is 0 Å². The van der Waals surface area contributed by atoms with E-state index in [4.69, 9.17) is 13.9 Å². The number of thiophene rings is 1. The summed E-state index contributed by atoms with van der Waals surface area (Å²) in [4.78, 5) is 12.7. The van der Waals surface area contributed by atoms with E-state index in [9.17, 15) is 13.2 Å². The van der Waals surface area contributed by atoms with Crippen molar-refractivity contribution in [3.05, 3.63) is 40.5 Å². The van der Waals surface area contributed by atoms with Crippen molar-refractivity contribution in [1.82, 2.24) is 9.62 Å². The number of amides is 1. The summed E-state index contributed by atoms with van der Waals surface area (Å²) in [6, 6.07) is 5.11. The maximum absolute atomic E-state index is 12.8. The SMILES string of the molecule is O=C(NCCCOCc1ccco1)c1sccc1S(=O)(=O)N1CCOCC1. The summed E-state index contributed by atoms with van der Waals surface area (Å²) >= 11 is 1.12. The van der Waals surface area contributed by atoms with Gasteiger partial charge in [-0.1, -0.05) is 0 Å². The van der Waals surface area contributed by atoms with E-state index in [0.717, 1.165) is 17.1 Å². The molecule has 0 unspecified atom stereocenters. The van der Waals surface area contributed by atoms with Gasteiger partial charge in [-0.25, -0.2) is 8.42 Å². The molecule has 1 aliphatic heterocycles. The topological polar surface area (TPSA) is 98.1 Å². The predicted octanol–water partition coefficient (Wildman–Crippen LogP) is 1.70. The average molecular weight is 415 g/mol. The lowest BCUT2D eigenvalue weighted by Gasteiger charge is -2.26. The minimum atomic E-state index is -3.69. The maximum Gasteiger partial charge on any atom is 0.262 e. The van der Waals surface area contributed by atoms with E-state index >= 15 is 0 Å². The van der Waals surface area contributed by atoms with Gasteiger partial charge in [0.1, 0.15) is 22.1 Å². The molecule has 8 nitrogen and oxygen atoms in total. The molecular weight excluding hydrogens is 392 g/mol. The van der Waals surface area contributed by atoms with Crippen LogP contribution in [-0.4, -0.2) is 58.1 Å². The van der Waals surface area contributed by atoms with Crippen molar-refractivity contribution < 1.29 is 27.1 Å². The number of nitrogens with zero attached hydrogens (tertiary/aromatic N) is 1. The van der Waals surface area contributed by atoms with Crippen LogP contribution >= 0.6 is 11.3 Å². The molecule has 27 heavy (non-hydrogen) atoms. The molecule has 0 radical (unpaired) electrons. The van der Waals surface area contributed by atoms with E-state index in [1.807, 2.05) is 6.07 Å². The molecule has 0 atom stereocenters. The molecule has 10 heteroatoms. The fourth-order valence-electron chi connectivity index (χ4n) is 2.62. The average Bonchev–Trinajstić information content (AvgIpc) is 3.37. The van der Waals surface area contributed by atoms with Gasteiger partial charge in [0.15, 0.2) is 0 Å². The quantitative estimate of drug-likeness (QED) is 0.627. The Balaban J connectivity index is 1.48. The molecule has 2 aromatic heterocycles. The molecule has 0 aliphatic carbocycles. The van der Waals surface area contributed by atoms with Crippen molar-refractivity contribution in [3.8, 4) is 0 Å². The van der Waals surface area contributed by atoms with Crippen molar-refractivity contribution in [2.45, 2.75) is 17.9 Å². The van der Waals surface area contributed by atoms with Gasteiger partial charge in [-0.3, -0.25) is 4.79 Å². The number of furan rings is 1. The first kappa shape index (κ1) is 20.0. The van der Waals surface area contributed by atoms with Crippen molar-refractivity contribution >= 4 is 27.3 Å². The fourth-order valence-corrected chi connectivity index (χ4v) is 5.34. The highest BCUT2D eigenvalue weighted by Gasteiger charge is 2.31. The van der Waals surface area contributed by atoms with E-state index < -0.39 is 10.0 Å². The first-order valence-corrected chi connectivity index (χ1v) is 10.9. The number of hydrogen-bond donors (Lipinski definition) is 1. The Morgan fingerprint density at radius 1 is 1.30 bits per heavy atom. The number of carbonyl (C=O) groups excluding carboxylic acids is 1. The lowest BCUT2D eigenvalue weighted by molar-refractivity contribution is 0.0730. The van der Waals surface area contributed by atoms with Gasteiger partial charge in [0.25, 0.3) is 5.91 Å². The molecule has 1 N–H and O–H groups in total. The Morgan fingerprint density at radius 2 is 2.11 bits per heavy atom. The summed E-state index contributed by atoms with van der Waals surface area (Å²) in [6.07, 6.45) is 2.20. The first-order chi connectivity index (χ1) is 13.1. The van der Waals surface area contributed by atoms with Crippen LogP contribution in [0, 0.1) is 0 Å². The minimum Gasteiger partial charge on any atom is -0.467 e. The second kappa shape index (κ2) is 9.47. The molecule has 3 rings (SSSR count). The molecular formula is C17H22N2O6S2. The zero-order valence-corrected chi connectivity index (χ0v) is 16.4. The molecule has 1 aliphatic rings. The Morgan fingerprint density at radius 3 is 2.85 bits per heavy atom. The molecule has 3 heterocycles. The number of carbonyl (C=O) groups is 1. The fraction of sp³-hybridized carbons (Fsp3) is 0.471. The van der Waals surface area contributed by atoms with Crippen LogP contribution in [0.2, 0.25) is 0 Å². The number of nitrogens with one attached hydrogen (secondary N) is 1. The minimum absolute atomic E-state index is 0.0565. The van der Waals surface area contributed by atoms with Gasteiger partial charge >= 0.3 is 0 Å². The van der Waals surface area contributed by atoms with Gasteiger partial charge in [-0.2, -0.15) is 4.31 Å². The van der Waals surface area contributed by atoms with Gasteiger partial charge in [0.05, 0.1) is 19.5 Å². The van der Waals surface area contributed by atoms with Gasteiger partial charge in [-0.05, 0) is 30.0 Å². The molecule has 0 aromatic carbocycles. The Kier molecular flexibility index (Phi) is 7.02. The highest BCUT2D eigenvalue weighted by molar-refractivity contribution is 7.89. The Hall–Kier alpha value is -1.72. The summed E-state index contributed by atoms with van der Waals surface area (Å²) in [5.74, 6) is 0.360. The van der Waals surface area contributed by atoms with Gasteiger partial charge in [0, 0.05) is 26.2 Å². The second-order valence-corrected chi connectivity index (χ2v) is 8.69. The summed E-state index contributed by atoms with van der Waals surface area (Å²) in [5, 5.41) is 4.37.